The van der Waals surface area contributed by atoms with E-state index >= 15 is 0 Å². The summed E-state index contributed by atoms with van der Waals surface area (Å²) >= 11 is 0. The Morgan fingerprint density at radius 1 is 1.61 bits per heavy atom. The van der Waals surface area contributed by atoms with Crippen LogP contribution in [0.15, 0.2) is 10.6 Å². The second-order valence-corrected chi connectivity index (χ2v) is 5.00. The van der Waals surface area contributed by atoms with Crippen LogP contribution in [0.3, 0.4) is 0 Å². The zero-order valence-corrected chi connectivity index (χ0v) is 10.7. The molecule has 2 atom stereocenters. The molecule has 0 spiro atoms. The van der Waals surface area contributed by atoms with E-state index in [2.05, 4.69) is 17.4 Å². The van der Waals surface area contributed by atoms with E-state index in [1.54, 1.807) is 0 Å². The molecule has 5 heteroatoms. The molecule has 2 N–H and O–H groups in total. The lowest BCUT2D eigenvalue weighted by molar-refractivity contribution is 0.0685. The van der Waals surface area contributed by atoms with Crippen molar-refractivity contribution < 1.29 is 14.4 Å². The fourth-order valence-corrected chi connectivity index (χ4v) is 2.59. The Kier molecular flexibility index (Phi) is 4.36. The van der Waals surface area contributed by atoms with Crippen LogP contribution in [-0.4, -0.2) is 22.3 Å². The van der Waals surface area contributed by atoms with E-state index in [9.17, 15) is 4.79 Å². The van der Waals surface area contributed by atoms with E-state index in [0.717, 1.165) is 5.92 Å². The molecule has 100 valence electrons. The van der Waals surface area contributed by atoms with Crippen molar-refractivity contribution in [1.29, 1.82) is 0 Å². The lowest BCUT2D eigenvalue weighted by Crippen LogP contribution is -2.33. The smallest absolute Gasteiger partial charge is 0.358 e. The maximum absolute atomic E-state index is 10.7. The van der Waals surface area contributed by atoms with Gasteiger partial charge in [0.1, 0.15) is 0 Å². The van der Waals surface area contributed by atoms with Gasteiger partial charge in [0.05, 0.1) is 6.54 Å². The molecule has 1 aromatic rings. The van der Waals surface area contributed by atoms with E-state index in [0.29, 0.717) is 18.3 Å². The summed E-state index contributed by atoms with van der Waals surface area (Å²) in [6.07, 6.45) is 6.24. The number of aromatic nitrogens is 1. The molecule has 2 unspecified atom stereocenters. The van der Waals surface area contributed by atoms with Crippen LogP contribution in [0.1, 0.15) is 55.3 Å². The first-order chi connectivity index (χ1) is 8.69. The SMILES string of the molecule is CCC1CCCC(NCc2cc(C(=O)O)no2)C1. The Labute approximate surface area is 107 Å². The Bertz CT molecular complexity index is 403. The van der Waals surface area contributed by atoms with Crippen molar-refractivity contribution >= 4 is 5.97 Å². The summed E-state index contributed by atoms with van der Waals surface area (Å²) in [4.78, 5) is 10.7. The number of carboxylic acid groups (broad SMARTS) is 1. The highest BCUT2D eigenvalue weighted by Crippen LogP contribution is 2.26. The molecule has 0 bridgehead atoms. The van der Waals surface area contributed by atoms with E-state index in [-0.39, 0.29) is 5.69 Å². The average molecular weight is 252 g/mol. The predicted octanol–water partition coefficient (Wildman–Crippen LogP) is 2.43. The summed E-state index contributed by atoms with van der Waals surface area (Å²) in [6, 6.07) is 2.00. The highest BCUT2D eigenvalue weighted by molar-refractivity contribution is 5.85. The largest absolute Gasteiger partial charge is 0.476 e. The summed E-state index contributed by atoms with van der Waals surface area (Å²) in [6.45, 7) is 2.80. The molecule has 1 aliphatic carbocycles. The number of rotatable bonds is 5. The Morgan fingerprint density at radius 3 is 3.11 bits per heavy atom. The van der Waals surface area contributed by atoms with Gasteiger partial charge in [0.2, 0.25) is 0 Å². The monoisotopic (exact) mass is 252 g/mol. The normalized spacial score (nSPS) is 24.1. The van der Waals surface area contributed by atoms with Gasteiger partial charge in [-0.25, -0.2) is 4.79 Å². The van der Waals surface area contributed by atoms with Gasteiger partial charge in [0, 0.05) is 12.1 Å². The van der Waals surface area contributed by atoms with Gasteiger partial charge in [0.15, 0.2) is 11.5 Å². The van der Waals surface area contributed by atoms with Crippen LogP contribution in [0.2, 0.25) is 0 Å². The summed E-state index contributed by atoms with van der Waals surface area (Å²) in [5, 5.41) is 15.7. The molecule has 2 rings (SSSR count). The molecule has 0 amide bonds. The number of carboxylic acids is 1. The average Bonchev–Trinajstić information content (AvgIpc) is 2.85. The first kappa shape index (κ1) is 13.1. The maximum atomic E-state index is 10.7. The molecular formula is C13H20N2O3. The second kappa shape index (κ2) is 6.00. The van der Waals surface area contributed by atoms with Crippen molar-refractivity contribution in [1.82, 2.24) is 10.5 Å². The number of hydrogen-bond donors (Lipinski definition) is 2. The van der Waals surface area contributed by atoms with Crippen LogP contribution in [0, 0.1) is 5.92 Å². The maximum Gasteiger partial charge on any atom is 0.358 e. The molecule has 1 saturated carbocycles. The number of aromatic carboxylic acids is 1. The topological polar surface area (TPSA) is 75.4 Å². The van der Waals surface area contributed by atoms with Gasteiger partial charge in [-0.1, -0.05) is 31.3 Å². The molecule has 18 heavy (non-hydrogen) atoms. The van der Waals surface area contributed by atoms with Crippen LogP contribution in [-0.2, 0) is 6.54 Å². The molecule has 1 aromatic heterocycles. The van der Waals surface area contributed by atoms with Gasteiger partial charge in [0.25, 0.3) is 0 Å². The van der Waals surface area contributed by atoms with Crippen molar-refractivity contribution in [2.75, 3.05) is 0 Å². The zero-order chi connectivity index (χ0) is 13.0. The third kappa shape index (κ3) is 3.32. The molecule has 0 radical (unpaired) electrons. The Balaban J connectivity index is 1.81. The minimum atomic E-state index is -1.05. The first-order valence-corrected chi connectivity index (χ1v) is 6.61. The van der Waals surface area contributed by atoms with Crippen molar-refractivity contribution in [3.05, 3.63) is 17.5 Å². The summed E-state index contributed by atoms with van der Waals surface area (Å²) in [5.41, 5.74) is -0.0260. The van der Waals surface area contributed by atoms with Crippen molar-refractivity contribution in [2.45, 2.75) is 51.6 Å². The van der Waals surface area contributed by atoms with Crippen LogP contribution >= 0.6 is 0 Å². The van der Waals surface area contributed by atoms with Crippen LogP contribution in [0.25, 0.3) is 0 Å². The van der Waals surface area contributed by atoms with E-state index in [4.69, 9.17) is 9.63 Å². The third-order valence-corrected chi connectivity index (χ3v) is 3.70. The molecule has 1 aliphatic rings. The molecule has 1 heterocycles. The number of carbonyl (C=O) groups is 1. The van der Waals surface area contributed by atoms with Crippen LogP contribution < -0.4 is 5.32 Å². The van der Waals surface area contributed by atoms with Crippen LogP contribution in [0.4, 0.5) is 0 Å². The van der Waals surface area contributed by atoms with Gasteiger partial charge in [-0.05, 0) is 18.8 Å². The van der Waals surface area contributed by atoms with Crippen molar-refractivity contribution in [3.8, 4) is 0 Å². The second-order valence-electron chi connectivity index (χ2n) is 5.00. The third-order valence-electron chi connectivity index (χ3n) is 3.70. The Hall–Kier alpha value is -1.36. The molecular weight excluding hydrogens is 232 g/mol. The van der Waals surface area contributed by atoms with E-state index in [1.807, 2.05) is 0 Å². The van der Waals surface area contributed by atoms with Crippen LogP contribution in [0.5, 0.6) is 0 Å². The standard InChI is InChI=1S/C13H20N2O3/c1-2-9-4-3-5-10(6-9)14-8-11-7-12(13(16)17)15-18-11/h7,9-10,14H,2-6,8H2,1H3,(H,16,17). The highest BCUT2D eigenvalue weighted by Gasteiger charge is 2.20. The number of nitrogens with zero attached hydrogens (tertiary/aromatic N) is 1. The molecule has 1 fully saturated rings. The minimum absolute atomic E-state index is 0.0260. The van der Waals surface area contributed by atoms with Gasteiger partial charge in [-0.15, -0.1) is 0 Å². The van der Waals surface area contributed by atoms with Gasteiger partial charge >= 0.3 is 5.97 Å². The summed E-state index contributed by atoms with van der Waals surface area (Å²) in [5.74, 6) is 0.361. The van der Waals surface area contributed by atoms with Gasteiger partial charge in [-0.2, -0.15) is 0 Å². The fourth-order valence-electron chi connectivity index (χ4n) is 2.59. The quantitative estimate of drug-likeness (QED) is 0.841. The molecule has 0 saturated heterocycles. The number of nitrogens with one attached hydrogen (secondary N) is 1. The molecule has 0 aromatic carbocycles. The van der Waals surface area contributed by atoms with Gasteiger partial charge < -0.3 is 14.9 Å². The summed E-state index contributed by atoms with van der Waals surface area (Å²) in [7, 11) is 0. The fraction of sp³-hybridized carbons (Fsp3) is 0.692. The number of hydrogen-bond acceptors (Lipinski definition) is 4. The predicted molar refractivity (Wildman–Crippen MR) is 66.3 cm³/mol. The van der Waals surface area contributed by atoms with Crippen molar-refractivity contribution in [2.24, 2.45) is 5.92 Å². The van der Waals surface area contributed by atoms with E-state index in [1.165, 1.54) is 38.2 Å². The van der Waals surface area contributed by atoms with E-state index < -0.39 is 5.97 Å². The highest BCUT2D eigenvalue weighted by atomic mass is 16.5. The summed E-state index contributed by atoms with van der Waals surface area (Å²) < 4.78 is 4.98. The van der Waals surface area contributed by atoms with Gasteiger partial charge in [-0.3, -0.25) is 0 Å². The molecule has 5 nitrogen and oxygen atoms in total. The Morgan fingerprint density at radius 2 is 2.44 bits per heavy atom. The lowest BCUT2D eigenvalue weighted by atomic mass is 9.84. The first-order valence-electron chi connectivity index (χ1n) is 6.61. The zero-order valence-electron chi connectivity index (χ0n) is 10.7. The van der Waals surface area contributed by atoms with Crippen molar-refractivity contribution in [3.63, 3.8) is 0 Å². The minimum Gasteiger partial charge on any atom is -0.476 e. The lowest BCUT2D eigenvalue weighted by Gasteiger charge is -2.28. The molecule has 0 aliphatic heterocycles.